The quantitative estimate of drug-likeness (QED) is 0.265. The van der Waals surface area contributed by atoms with Crippen LogP contribution < -0.4 is 0 Å². The third kappa shape index (κ3) is 12.6. The minimum atomic E-state index is -2.74. The molecular weight excluding hydrogens is 628 g/mol. The van der Waals surface area contributed by atoms with Gasteiger partial charge in [0, 0.05) is 55.3 Å². The highest BCUT2D eigenvalue weighted by molar-refractivity contribution is 5.88. The van der Waals surface area contributed by atoms with Gasteiger partial charge in [-0.05, 0) is 114 Å². The van der Waals surface area contributed by atoms with Gasteiger partial charge in [-0.1, -0.05) is 18.2 Å². The Hall–Kier alpha value is -4.30. The number of likely N-dealkylation sites (tertiary alicyclic amines) is 3. The van der Waals surface area contributed by atoms with Crippen molar-refractivity contribution in [2.24, 2.45) is 0 Å². The summed E-state index contributed by atoms with van der Waals surface area (Å²) in [5, 5.41) is 33.8. The Morgan fingerprint density at radius 3 is 1.12 bits per heavy atom. The number of aromatic nitrogens is 3. The molecule has 4 N–H and O–H groups in total. The normalized spacial score (nSPS) is 20.9. The van der Waals surface area contributed by atoms with E-state index in [-0.39, 0.29) is 0 Å². The van der Waals surface area contributed by atoms with E-state index in [0.717, 1.165) is 0 Å². The molecule has 0 saturated carbocycles. The van der Waals surface area contributed by atoms with Crippen LogP contribution in [0, 0.1) is 0 Å². The Bertz CT molecular complexity index is 1290. The van der Waals surface area contributed by atoms with Gasteiger partial charge in [0.2, 0.25) is 0 Å². The second-order valence-electron chi connectivity index (χ2n) is 12.8. The zero-order valence-electron chi connectivity index (χ0n) is 28.6. The lowest BCUT2D eigenvalue weighted by molar-refractivity contribution is -0.170. The highest BCUT2D eigenvalue weighted by Crippen LogP contribution is 2.31. The molecule has 3 atom stereocenters. The van der Waals surface area contributed by atoms with Crippen molar-refractivity contribution in [2.75, 3.05) is 40.8 Å². The van der Waals surface area contributed by atoms with Crippen LogP contribution in [0.4, 0.5) is 0 Å². The van der Waals surface area contributed by atoms with Crippen molar-refractivity contribution < 1.29 is 34.8 Å². The van der Waals surface area contributed by atoms with Gasteiger partial charge in [-0.3, -0.25) is 39.2 Å². The monoisotopic (exact) mass is 678 g/mol. The molecule has 3 aliphatic heterocycles. The molecule has 3 aliphatic rings. The maximum Gasteiger partial charge on any atom is 0.336 e. The summed E-state index contributed by atoms with van der Waals surface area (Å²) in [4.78, 5) is 50.1. The number of hydrogen-bond donors (Lipinski definition) is 4. The third-order valence-electron chi connectivity index (χ3n) is 9.05. The van der Waals surface area contributed by atoms with Gasteiger partial charge in [0.25, 0.3) is 0 Å². The highest BCUT2D eigenvalue weighted by atomic mass is 16.4. The summed E-state index contributed by atoms with van der Waals surface area (Å²) in [5.41, 5.74) is 1.34. The van der Waals surface area contributed by atoms with Crippen LogP contribution in [0.15, 0.2) is 73.6 Å². The molecule has 0 bridgehead atoms. The Morgan fingerprint density at radius 1 is 0.633 bits per heavy atom. The summed E-state index contributed by atoms with van der Waals surface area (Å²) in [7, 11) is 6.56. The summed E-state index contributed by atoms with van der Waals surface area (Å²) in [5.74, 6) is -5.02. The number of carbonyl (C=O) groups is 3. The summed E-state index contributed by atoms with van der Waals surface area (Å²) in [6, 6.07) is 14.4. The van der Waals surface area contributed by atoms with E-state index >= 15 is 0 Å². The van der Waals surface area contributed by atoms with E-state index in [1.165, 1.54) is 74.8 Å². The maximum absolute atomic E-state index is 10.3. The lowest BCUT2D eigenvalue weighted by atomic mass is 9.96. The minimum absolute atomic E-state index is 0.610. The van der Waals surface area contributed by atoms with Crippen LogP contribution in [0.3, 0.4) is 0 Å². The molecule has 3 aromatic rings. The van der Waals surface area contributed by atoms with Crippen LogP contribution in [0.2, 0.25) is 0 Å². The zero-order chi connectivity index (χ0) is 35.8. The fourth-order valence-corrected chi connectivity index (χ4v) is 6.43. The molecule has 0 unspecified atom stereocenters. The lowest BCUT2D eigenvalue weighted by Crippen LogP contribution is -2.42. The molecular formula is C36H50N6O7. The highest BCUT2D eigenvalue weighted by Gasteiger charge is 2.40. The molecule has 0 amide bonds. The van der Waals surface area contributed by atoms with Crippen molar-refractivity contribution >= 4 is 17.9 Å². The van der Waals surface area contributed by atoms with Crippen molar-refractivity contribution in [3.8, 4) is 0 Å². The number of aliphatic hydroxyl groups is 1. The molecule has 0 aromatic carbocycles. The summed E-state index contributed by atoms with van der Waals surface area (Å²) < 4.78 is 0. The SMILES string of the molecule is CN1CCC[C@H]1c1cccnc1.CN1CCC[C@H]1c1cccnc1.CN1CCC[C@H]1c1cccnc1.O=C(O)CC(O)(CC(=O)O)C(=O)O. The molecule has 49 heavy (non-hydrogen) atoms. The average Bonchev–Trinajstić information content (AvgIpc) is 3.83. The smallest absolute Gasteiger partial charge is 0.336 e. The average molecular weight is 679 g/mol. The first-order valence-corrected chi connectivity index (χ1v) is 16.6. The van der Waals surface area contributed by atoms with E-state index in [1.54, 1.807) is 0 Å². The first-order valence-electron chi connectivity index (χ1n) is 16.6. The minimum Gasteiger partial charge on any atom is -0.481 e. The molecule has 6 rings (SSSR count). The van der Waals surface area contributed by atoms with Crippen LogP contribution in [0.1, 0.15) is 86.2 Å². The van der Waals surface area contributed by atoms with Gasteiger partial charge in [0.15, 0.2) is 5.60 Å². The number of carboxylic acid groups (broad SMARTS) is 3. The van der Waals surface area contributed by atoms with Gasteiger partial charge in [0.1, 0.15) is 0 Å². The molecule has 0 aliphatic carbocycles. The topological polar surface area (TPSA) is 181 Å². The molecule has 13 heteroatoms. The molecule has 266 valence electrons. The van der Waals surface area contributed by atoms with Crippen molar-refractivity contribution in [3.63, 3.8) is 0 Å². The lowest BCUT2D eigenvalue weighted by Gasteiger charge is -2.18. The maximum atomic E-state index is 10.3. The fourth-order valence-electron chi connectivity index (χ4n) is 6.43. The standard InChI is InChI=1S/3C10H14N2.C6H8O7/c3*1-12-7-3-5-10(12)9-4-2-6-11-8-9;7-3(8)1-6(13,5(11)12)2-4(9)10/h3*2,4,6,8,10H,3,5,7H2,1H3;13H,1-2H2,(H,7,8)(H,9,10)(H,11,12)/t3*10-;/m000./s1. The molecule has 13 nitrogen and oxygen atoms in total. The Morgan fingerprint density at radius 2 is 0.939 bits per heavy atom. The fraction of sp³-hybridized carbons (Fsp3) is 0.500. The van der Waals surface area contributed by atoms with E-state index < -0.39 is 36.4 Å². The number of pyridine rings is 3. The predicted molar refractivity (Wildman–Crippen MR) is 184 cm³/mol. The van der Waals surface area contributed by atoms with Crippen LogP contribution in [-0.4, -0.2) is 114 Å². The van der Waals surface area contributed by atoms with Crippen LogP contribution in [0.5, 0.6) is 0 Å². The van der Waals surface area contributed by atoms with Gasteiger partial charge in [-0.15, -0.1) is 0 Å². The summed E-state index contributed by atoms with van der Waals surface area (Å²) in [6.45, 7) is 3.67. The summed E-state index contributed by atoms with van der Waals surface area (Å²) >= 11 is 0. The summed E-state index contributed by atoms with van der Waals surface area (Å²) in [6.07, 6.45) is 16.9. The third-order valence-corrected chi connectivity index (χ3v) is 9.05. The van der Waals surface area contributed by atoms with E-state index in [2.05, 4.69) is 69.0 Å². The van der Waals surface area contributed by atoms with Crippen LogP contribution in [-0.2, 0) is 14.4 Å². The molecule has 0 radical (unpaired) electrons. The van der Waals surface area contributed by atoms with Gasteiger partial charge in [-0.2, -0.15) is 0 Å². The Kier molecular flexibility index (Phi) is 15.7. The zero-order valence-corrected chi connectivity index (χ0v) is 28.6. The Balaban J connectivity index is 0.000000177. The van der Waals surface area contributed by atoms with Crippen molar-refractivity contribution in [3.05, 3.63) is 90.3 Å². The molecule has 3 saturated heterocycles. The second-order valence-corrected chi connectivity index (χ2v) is 12.8. The second kappa shape index (κ2) is 19.6. The molecule has 3 aromatic heterocycles. The largest absolute Gasteiger partial charge is 0.481 e. The number of carboxylic acids is 3. The number of nitrogens with zero attached hydrogens (tertiary/aromatic N) is 6. The first-order chi connectivity index (χ1) is 23.4. The molecule has 0 spiro atoms. The van der Waals surface area contributed by atoms with Crippen LogP contribution >= 0.6 is 0 Å². The molecule has 3 fully saturated rings. The van der Waals surface area contributed by atoms with Gasteiger partial charge in [0.05, 0.1) is 12.8 Å². The van der Waals surface area contributed by atoms with E-state index in [0.29, 0.717) is 18.1 Å². The van der Waals surface area contributed by atoms with Crippen LogP contribution in [0.25, 0.3) is 0 Å². The first kappa shape index (κ1) is 39.1. The number of hydrogen-bond acceptors (Lipinski definition) is 10. The van der Waals surface area contributed by atoms with Gasteiger partial charge >= 0.3 is 17.9 Å². The number of rotatable bonds is 8. The van der Waals surface area contributed by atoms with E-state index in [9.17, 15) is 14.4 Å². The van der Waals surface area contributed by atoms with E-state index in [1.807, 2.05) is 55.4 Å². The van der Waals surface area contributed by atoms with E-state index in [4.69, 9.17) is 20.4 Å². The van der Waals surface area contributed by atoms with Crippen molar-refractivity contribution in [1.29, 1.82) is 0 Å². The van der Waals surface area contributed by atoms with Crippen molar-refractivity contribution in [2.45, 2.75) is 75.1 Å². The molecule has 6 heterocycles. The van der Waals surface area contributed by atoms with Gasteiger partial charge < -0.3 is 20.4 Å². The van der Waals surface area contributed by atoms with Crippen molar-refractivity contribution in [1.82, 2.24) is 29.7 Å². The Labute approximate surface area is 288 Å². The van der Waals surface area contributed by atoms with Gasteiger partial charge in [-0.25, -0.2) is 4.79 Å². The predicted octanol–water partition coefficient (Wildman–Crippen LogP) is 4.30. The number of aliphatic carboxylic acids is 3.